The van der Waals surface area contributed by atoms with E-state index in [0.29, 0.717) is 11.5 Å². The van der Waals surface area contributed by atoms with Gasteiger partial charge in [-0.1, -0.05) is 0 Å². The summed E-state index contributed by atoms with van der Waals surface area (Å²) in [4.78, 5) is 2.68. The largest absolute Gasteiger partial charge is 0.203 e. The van der Waals surface area contributed by atoms with Crippen LogP contribution in [0.4, 0.5) is 5.82 Å². The van der Waals surface area contributed by atoms with Crippen LogP contribution in [0.25, 0.3) is 16.1 Å². The van der Waals surface area contributed by atoms with Gasteiger partial charge < -0.3 is 0 Å². The Morgan fingerprint density at radius 2 is 2.14 bits per heavy atom. The molecule has 2 heterocycles. The molecule has 0 saturated heterocycles. The first-order chi connectivity index (χ1) is 6.74. The lowest BCUT2D eigenvalue weighted by atomic mass is 10.2. The van der Waals surface area contributed by atoms with E-state index in [2.05, 4.69) is 30.7 Å². The molecule has 0 fully saturated rings. The van der Waals surface area contributed by atoms with Gasteiger partial charge in [0.05, 0.1) is 0 Å². The third kappa shape index (κ3) is 1.05. The standard InChI is InChI=1S/C6H6N8/c1-3-4(2)6-9-12-13-14(6)10-5(3)8-11-7/h1-2H3. The van der Waals surface area contributed by atoms with E-state index in [0.717, 1.165) is 11.1 Å². The molecule has 0 radical (unpaired) electrons. The van der Waals surface area contributed by atoms with Crippen LogP contribution in [-0.4, -0.2) is 25.3 Å². The van der Waals surface area contributed by atoms with Crippen molar-refractivity contribution in [2.75, 3.05) is 0 Å². The van der Waals surface area contributed by atoms with Crippen LogP contribution in [0.3, 0.4) is 0 Å². The van der Waals surface area contributed by atoms with Crippen molar-refractivity contribution >= 4 is 11.5 Å². The van der Waals surface area contributed by atoms with Crippen LogP contribution in [-0.2, 0) is 0 Å². The van der Waals surface area contributed by atoms with Gasteiger partial charge in [-0.05, 0) is 40.5 Å². The van der Waals surface area contributed by atoms with Gasteiger partial charge in [0.25, 0.3) is 0 Å². The summed E-state index contributed by atoms with van der Waals surface area (Å²) in [6.45, 7) is 3.65. The highest BCUT2D eigenvalue weighted by Crippen LogP contribution is 2.20. The maximum atomic E-state index is 8.32. The van der Waals surface area contributed by atoms with E-state index in [1.54, 1.807) is 6.92 Å². The van der Waals surface area contributed by atoms with E-state index >= 15 is 0 Å². The van der Waals surface area contributed by atoms with Gasteiger partial charge >= 0.3 is 0 Å². The second-order valence-corrected chi connectivity index (χ2v) is 2.75. The summed E-state index contributed by atoms with van der Waals surface area (Å²) in [5.41, 5.74) is 10.5. The summed E-state index contributed by atoms with van der Waals surface area (Å²) < 4.78 is 1.24. The summed E-state index contributed by atoms with van der Waals surface area (Å²) in [6.07, 6.45) is 0. The van der Waals surface area contributed by atoms with E-state index in [9.17, 15) is 0 Å². The molecule has 0 aliphatic carbocycles. The first-order valence-corrected chi connectivity index (χ1v) is 3.84. The molecule has 0 aliphatic rings. The Bertz CT molecular complexity index is 534. The molecule has 0 aromatic carbocycles. The molecule has 0 aliphatic heterocycles. The number of aromatic nitrogens is 5. The van der Waals surface area contributed by atoms with Crippen LogP contribution >= 0.6 is 0 Å². The highest BCUT2D eigenvalue weighted by atomic mass is 15.6. The molecule has 70 valence electrons. The van der Waals surface area contributed by atoms with Crippen LogP contribution in [0.1, 0.15) is 11.1 Å². The van der Waals surface area contributed by atoms with Gasteiger partial charge in [0.2, 0.25) is 5.65 Å². The lowest BCUT2D eigenvalue weighted by molar-refractivity contribution is 0.730. The van der Waals surface area contributed by atoms with Crippen molar-refractivity contribution < 1.29 is 0 Å². The minimum Gasteiger partial charge on any atom is -0.145 e. The zero-order valence-corrected chi connectivity index (χ0v) is 7.58. The molecule has 2 aromatic rings. The molecule has 0 amide bonds. The summed E-state index contributed by atoms with van der Waals surface area (Å²) in [6, 6.07) is 0. The predicted octanol–water partition coefficient (Wildman–Crippen LogP) is 1.08. The molecule has 2 aromatic heterocycles. The second-order valence-electron chi connectivity index (χ2n) is 2.75. The Labute approximate surface area is 78.2 Å². The zero-order valence-electron chi connectivity index (χ0n) is 7.58. The number of aryl methyl sites for hydroxylation is 1. The molecule has 8 nitrogen and oxygen atoms in total. The number of tetrazole rings is 1. The van der Waals surface area contributed by atoms with Crippen molar-refractivity contribution in [2.45, 2.75) is 13.8 Å². The Kier molecular flexibility index (Phi) is 1.76. The third-order valence-electron chi connectivity index (χ3n) is 2.02. The summed E-state index contributed by atoms with van der Waals surface area (Å²) in [7, 11) is 0. The van der Waals surface area contributed by atoms with Crippen LogP contribution < -0.4 is 0 Å². The average molecular weight is 190 g/mol. The maximum absolute atomic E-state index is 8.32. The molecule has 14 heavy (non-hydrogen) atoms. The van der Waals surface area contributed by atoms with E-state index in [-0.39, 0.29) is 0 Å². The van der Waals surface area contributed by atoms with Gasteiger partial charge in [0, 0.05) is 10.5 Å². The number of fused-ring (bicyclic) bond motifs is 1. The lowest BCUT2D eigenvalue weighted by Crippen LogP contribution is -1.98. The number of nitrogens with zero attached hydrogens (tertiary/aromatic N) is 8. The van der Waals surface area contributed by atoms with Crippen molar-refractivity contribution in [2.24, 2.45) is 5.11 Å². The van der Waals surface area contributed by atoms with Crippen molar-refractivity contribution in [1.29, 1.82) is 0 Å². The molecular weight excluding hydrogens is 184 g/mol. The van der Waals surface area contributed by atoms with Crippen LogP contribution in [0, 0.1) is 13.8 Å². The fourth-order valence-corrected chi connectivity index (χ4v) is 1.11. The topological polar surface area (TPSA) is 105 Å². The van der Waals surface area contributed by atoms with Gasteiger partial charge in [-0.2, -0.15) is 0 Å². The molecule has 0 atom stereocenters. The highest BCUT2D eigenvalue weighted by molar-refractivity contribution is 5.54. The minimum absolute atomic E-state index is 0.296. The molecule has 8 heteroatoms. The quantitative estimate of drug-likeness (QED) is 0.381. The molecule has 0 bridgehead atoms. The first-order valence-electron chi connectivity index (χ1n) is 3.84. The van der Waals surface area contributed by atoms with E-state index in [1.807, 2.05) is 6.92 Å². The molecule has 0 unspecified atom stereocenters. The molecular formula is C6H6N8. The van der Waals surface area contributed by atoms with E-state index < -0.39 is 0 Å². The van der Waals surface area contributed by atoms with Crippen molar-refractivity contribution in [3.05, 3.63) is 21.6 Å². The molecule has 2 rings (SSSR count). The Morgan fingerprint density at radius 3 is 2.86 bits per heavy atom. The van der Waals surface area contributed by atoms with Crippen molar-refractivity contribution in [3.8, 4) is 0 Å². The van der Waals surface area contributed by atoms with Gasteiger partial charge in [-0.25, -0.2) is 0 Å². The predicted molar refractivity (Wildman–Crippen MR) is 46.9 cm³/mol. The second kappa shape index (κ2) is 2.93. The fraction of sp³-hybridized carbons (Fsp3) is 0.333. The van der Waals surface area contributed by atoms with Crippen molar-refractivity contribution in [1.82, 2.24) is 25.3 Å². The number of hydrogen-bond acceptors (Lipinski definition) is 5. The molecule has 0 N–H and O–H groups in total. The third-order valence-corrected chi connectivity index (χ3v) is 2.02. The Hall–Kier alpha value is -2.21. The molecule has 0 saturated carbocycles. The number of azide groups is 1. The summed E-state index contributed by atoms with van der Waals surface area (Å²) in [5.74, 6) is 0.296. The van der Waals surface area contributed by atoms with Gasteiger partial charge in [0.1, 0.15) is 0 Å². The average Bonchev–Trinajstić information content (AvgIpc) is 2.62. The van der Waals surface area contributed by atoms with Crippen LogP contribution in [0.15, 0.2) is 5.11 Å². The first kappa shape index (κ1) is 8.39. The van der Waals surface area contributed by atoms with E-state index in [4.69, 9.17) is 5.53 Å². The summed E-state index contributed by atoms with van der Waals surface area (Å²) >= 11 is 0. The van der Waals surface area contributed by atoms with Gasteiger partial charge in [0.15, 0.2) is 5.82 Å². The number of hydrogen-bond donors (Lipinski definition) is 0. The summed E-state index contributed by atoms with van der Waals surface area (Å²) in [5, 5.41) is 18.3. The van der Waals surface area contributed by atoms with Crippen molar-refractivity contribution in [3.63, 3.8) is 0 Å². The Balaban J connectivity index is 2.86. The van der Waals surface area contributed by atoms with Crippen LogP contribution in [0.2, 0.25) is 0 Å². The van der Waals surface area contributed by atoms with E-state index in [1.165, 1.54) is 4.63 Å². The SMILES string of the molecule is Cc1c(N=[N+]=[N-])nn2nnnc2c1C. The van der Waals surface area contributed by atoms with Crippen LogP contribution in [0.5, 0.6) is 0 Å². The fourth-order valence-electron chi connectivity index (χ4n) is 1.11. The van der Waals surface area contributed by atoms with Gasteiger partial charge in [-0.3, -0.25) is 0 Å². The smallest absolute Gasteiger partial charge is 0.145 e. The zero-order chi connectivity index (χ0) is 10.1. The lowest BCUT2D eigenvalue weighted by Gasteiger charge is -2.01. The monoisotopic (exact) mass is 190 g/mol. The number of rotatable bonds is 1. The Morgan fingerprint density at radius 1 is 1.36 bits per heavy atom. The molecule has 0 spiro atoms. The maximum Gasteiger partial charge on any atom is 0.203 e. The minimum atomic E-state index is 0.296. The normalized spacial score (nSPS) is 10.1. The van der Waals surface area contributed by atoms with Gasteiger partial charge in [-0.15, -0.1) is 14.8 Å². The highest BCUT2D eigenvalue weighted by Gasteiger charge is 2.09.